The summed E-state index contributed by atoms with van der Waals surface area (Å²) >= 11 is 0. The van der Waals surface area contributed by atoms with Crippen molar-refractivity contribution < 1.29 is 9.59 Å². The van der Waals surface area contributed by atoms with E-state index in [-0.39, 0.29) is 11.8 Å². The molecular weight excluding hydrogens is 314 g/mol. The third kappa shape index (κ3) is 4.37. The van der Waals surface area contributed by atoms with Crippen molar-refractivity contribution in [1.29, 1.82) is 0 Å². The fraction of sp³-hybridized carbons (Fsp3) is 0.400. The van der Waals surface area contributed by atoms with E-state index in [1.54, 1.807) is 0 Å². The molecule has 2 aromatic rings. The van der Waals surface area contributed by atoms with Crippen LogP contribution in [0.5, 0.6) is 0 Å². The summed E-state index contributed by atoms with van der Waals surface area (Å²) < 4.78 is 0. The Morgan fingerprint density at radius 1 is 1.08 bits per heavy atom. The number of carbonyl (C=O) groups is 2. The van der Waals surface area contributed by atoms with Crippen LogP contribution in [0.15, 0.2) is 42.5 Å². The zero-order chi connectivity index (χ0) is 17.6. The summed E-state index contributed by atoms with van der Waals surface area (Å²) in [6.45, 7) is 2.61. The summed E-state index contributed by atoms with van der Waals surface area (Å²) in [5, 5.41) is 4.99. The van der Waals surface area contributed by atoms with Crippen LogP contribution in [-0.2, 0) is 4.79 Å². The number of fused-ring (bicyclic) bond motifs is 1. The molecular formula is C20H25N3O2. The number of carbonyl (C=O) groups excluding carboxylic acids is 2. The first-order valence-corrected chi connectivity index (χ1v) is 8.92. The van der Waals surface area contributed by atoms with Crippen LogP contribution in [0.1, 0.15) is 29.6 Å². The summed E-state index contributed by atoms with van der Waals surface area (Å²) in [5.74, 6) is 0.506. The van der Waals surface area contributed by atoms with Gasteiger partial charge in [-0.2, -0.15) is 0 Å². The Labute approximate surface area is 148 Å². The van der Waals surface area contributed by atoms with E-state index in [2.05, 4.69) is 5.32 Å². The third-order valence-electron chi connectivity index (χ3n) is 4.94. The number of likely N-dealkylation sites (tertiary alicyclic amines) is 1. The third-order valence-corrected chi connectivity index (χ3v) is 4.94. The van der Waals surface area contributed by atoms with Gasteiger partial charge in [-0.1, -0.05) is 30.3 Å². The van der Waals surface area contributed by atoms with Crippen LogP contribution in [0.3, 0.4) is 0 Å². The number of benzene rings is 2. The van der Waals surface area contributed by atoms with Crippen molar-refractivity contribution in [1.82, 2.24) is 10.2 Å². The lowest BCUT2D eigenvalue weighted by atomic mass is 9.97. The number of rotatable bonds is 5. The Kier molecular flexibility index (Phi) is 5.66. The molecule has 0 radical (unpaired) electrons. The maximum atomic E-state index is 12.3. The number of nitrogens with two attached hydrogens (primary N) is 1. The minimum Gasteiger partial charge on any atom is -0.352 e. The average molecular weight is 339 g/mol. The topological polar surface area (TPSA) is 75.4 Å². The summed E-state index contributed by atoms with van der Waals surface area (Å²) in [5.41, 5.74) is 6.30. The van der Waals surface area contributed by atoms with Crippen molar-refractivity contribution in [2.24, 2.45) is 11.7 Å². The van der Waals surface area contributed by atoms with Crippen LogP contribution in [0.4, 0.5) is 0 Å². The first kappa shape index (κ1) is 17.4. The second kappa shape index (κ2) is 8.12. The van der Waals surface area contributed by atoms with E-state index in [1.165, 1.54) is 0 Å². The highest BCUT2D eigenvalue weighted by Gasteiger charge is 2.21. The minimum atomic E-state index is -0.139. The predicted octanol–water partition coefficient (Wildman–Crippen LogP) is 2.16. The molecule has 1 saturated heterocycles. The zero-order valence-electron chi connectivity index (χ0n) is 14.4. The van der Waals surface area contributed by atoms with Crippen molar-refractivity contribution in [3.05, 3.63) is 48.0 Å². The van der Waals surface area contributed by atoms with E-state index in [1.807, 2.05) is 47.4 Å². The van der Waals surface area contributed by atoms with E-state index >= 15 is 0 Å². The molecule has 0 aromatic heterocycles. The van der Waals surface area contributed by atoms with E-state index in [0.717, 1.165) is 36.7 Å². The molecule has 1 aliphatic heterocycles. The number of hydrogen-bond donors (Lipinski definition) is 2. The number of amides is 2. The van der Waals surface area contributed by atoms with Crippen LogP contribution in [0.2, 0.25) is 0 Å². The molecule has 25 heavy (non-hydrogen) atoms. The molecule has 0 saturated carbocycles. The maximum absolute atomic E-state index is 12.3. The van der Waals surface area contributed by atoms with E-state index in [0.29, 0.717) is 31.0 Å². The van der Waals surface area contributed by atoms with Gasteiger partial charge < -0.3 is 16.0 Å². The summed E-state index contributed by atoms with van der Waals surface area (Å²) in [7, 11) is 0. The average Bonchev–Trinajstić information content (AvgIpc) is 2.67. The Morgan fingerprint density at radius 3 is 2.52 bits per heavy atom. The first-order chi connectivity index (χ1) is 12.2. The molecule has 1 fully saturated rings. The molecule has 3 N–H and O–H groups in total. The zero-order valence-corrected chi connectivity index (χ0v) is 14.4. The van der Waals surface area contributed by atoms with Gasteiger partial charge in [-0.05, 0) is 48.2 Å². The lowest BCUT2D eigenvalue weighted by Gasteiger charge is -2.31. The van der Waals surface area contributed by atoms with Crippen molar-refractivity contribution in [2.75, 3.05) is 26.2 Å². The number of nitrogens with zero attached hydrogens (tertiary/aromatic N) is 1. The number of piperidine rings is 1. The van der Waals surface area contributed by atoms with Gasteiger partial charge in [-0.3, -0.25) is 9.59 Å². The van der Waals surface area contributed by atoms with Crippen LogP contribution in [-0.4, -0.2) is 42.9 Å². The summed E-state index contributed by atoms with van der Waals surface area (Å²) in [6.07, 6.45) is 2.30. The normalized spacial score (nSPS) is 15.3. The van der Waals surface area contributed by atoms with Gasteiger partial charge in [0.05, 0.1) is 0 Å². The molecule has 1 heterocycles. The monoisotopic (exact) mass is 339 g/mol. The van der Waals surface area contributed by atoms with Crippen molar-refractivity contribution in [3.8, 4) is 0 Å². The SMILES string of the molecule is NCC1CCN(C(=O)CCNC(=O)c2ccc3ccccc3c2)CC1. The van der Waals surface area contributed by atoms with Gasteiger partial charge in [-0.25, -0.2) is 0 Å². The lowest BCUT2D eigenvalue weighted by molar-refractivity contribution is -0.132. The van der Waals surface area contributed by atoms with Crippen LogP contribution in [0.25, 0.3) is 10.8 Å². The molecule has 0 aliphatic carbocycles. The summed E-state index contributed by atoms with van der Waals surface area (Å²) in [6, 6.07) is 13.6. The maximum Gasteiger partial charge on any atom is 0.251 e. The molecule has 2 aromatic carbocycles. The number of hydrogen-bond acceptors (Lipinski definition) is 3. The molecule has 132 valence electrons. The fourth-order valence-corrected chi connectivity index (χ4v) is 3.29. The Morgan fingerprint density at radius 2 is 1.80 bits per heavy atom. The second-order valence-corrected chi connectivity index (χ2v) is 6.63. The number of nitrogens with one attached hydrogen (secondary N) is 1. The van der Waals surface area contributed by atoms with Crippen LogP contribution >= 0.6 is 0 Å². The smallest absolute Gasteiger partial charge is 0.251 e. The first-order valence-electron chi connectivity index (χ1n) is 8.92. The van der Waals surface area contributed by atoms with E-state index in [9.17, 15) is 9.59 Å². The van der Waals surface area contributed by atoms with Gasteiger partial charge in [0.2, 0.25) is 5.91 Å². The molecule has 5 heteroatoms. The second-order valence-electron chi connectivity index (χ2n) is 6.63. The van der Waals surface area contributed by atoms with Crippen molar-refractivity contribution in [2.45, 2.75) is 19.3 Å². The van der Waals surface area contributed by atoms with Gasteiger partial charge in [0.1, 0.15) is 0 Å². The Balaban J connectivity index is 1.48. The van der Waals surface area contributed by atoms with Gasteiger partial charge >= 0.3 is 0 Å². The van der Waals surface area contributed by atoms with Crippen LogP contribution < -0.4 is 11.1 Å². The Hall–Kier alpha value is -2.40. The molecule has 5 nitrogen and oxygen atoms in total. The van der Waals surface area contributed by atoms with E-state index in [4.69, 9.17) is 5.73 Å². The van der Waals surface area contributed by atoms with Gasteiger partial charge in [0.25, 0.3) is 5.91 Å². The van der Waals surface area contributed by atoms with Crippen molar-refractivity contribution in [3.63, 3.8) is 0 Å². The minimum absolute atomic E-state index is 0.106. The lowest BCUT2D eigenvalue weighted by Crippen LogP contribution is -2.41. The quantitative estimate of drug-likeness (QED) is 0.876. The van der Waals surface area contributed by atoms with Gasteiger partial charge in [-0.15, -0.1) is 0 Å². The van der Waals surface area contributed by atoms with Crippen LogP contribution in [0, 0.1) is 5.92 Å². The standard InChI is InChI=1S/C20H25N3O2/c21-14-15-8-11-23(12-9-15)19(24)7-10-22-20(25)18-6-5-16-3-1-2-4-17(16)13-18/h1-6,13,15H,7-12,14,21H2,(H,22,25). The fourth-order valence-electron chi connectivity index (χ4n) is 3.29. The molecule has 3 rings (SSSR count). The molecule has 0 spiro atoms. The highest BCUT2D eigenvalue weighted by molar-refractivity contribution is 5.98. The summed E-state index contributed by atoms with van der Waals surface area (Å²) in [4.78, 5) is 26.4. The van der Waals surface area contributed by atoms with Crippen molar-refractivity contribution >= 4 is 22.6 Å². The van der Waals surface area contributed by atoms with Gasteiger partial charge in [0.15, 0.2) is 0 Å². The predicted molar refractivity (Wildman–Crippen MR) is 99.3 cm³/mol. The highest BCUT2D eigenvalue weighted by Crippen LogP contribution is 2.17. The molecule has 0 unspecified atom stereocenters. The largest absolute Gasteiger partial charge is 0.352 e. The molecule has 0 atom stereocenters. The van der Waals surface area contributed by atoms with Gasteiger partial charge in [0, 0.05) is 31.6 Å². The Bertz CT molecular complexity index is 751. The highest BCUT2D eigenvalue weighted by atomic mass is 16.2. The molecule has 2 amide bonds. The van der Waals surface area contributed by atoms with E-state index < -0.39 is 0 Å². The molecule has 1 aliphatic rings. The molecule has 0 bridgehead atoms.